The Morgan fingerprint density at radius 1 is 1.21 bits per heavy atom. The molecule has 24 heavy (non-hydrogen) atoms. The molecule has 4 aromatic rings. The minimum absolute atomic E-state index is 0.597. The van der Waals surface area contributed by atoms with Crippen molar-refractivity contribution < 1.29 is 0 Å². The summed E-state index contributed by atoms with van der Waals surface area (Å²) in [5.74, 6) is 0. The first kappa shape index (κ1) is 14.6. The average molecular weight is 337 g/mol. The molecule has 0 amide bonds. The van der Waals surface area contributed by atoms with Crippen LogP contribution in [0.4, 0.5) is 10.8 Å². The summed E-state index contributed by atoms with van der Waals surface area (Å²) in [5.41, 5.74) is 10.2. The van der Waals surface area contributed by atoms with Crippen LogP contribution >= 0.6 is 11.3 Å². The maximum atomic E-state index is 5.66. The van der Waals surface area contributed by atoms with E-state index in [0.717, 1.165) is 35.6 Å². The molecule has 3 N–H and O–H groups in total. The lowest BCUT2D eigenvalue weighted by Crippen LogP contribution is -2.08. The zero-order valence-electron chi connectivity index (χ0n) is 12.8. The molecule has 0 bridgehead atoms. The lowest BCUT2D eigenvalue weighted by atomic mass is 10.1. The van der Waals surface area contributed by atoms with Gasteiger partial charge in [0.15, 0.2) is 5.13 Å². The molecule has 0 aliphatic heterocycles. The van der Waals surface area contributed by atoms with Crippen molar-refractivity contribution >= 4 is 27.8 Å². The summed E-state index contributed by atoms with van der Waals surface area (Å²) in [6, 6.07) is 12.0. The monoisotopic (exact) mass is 337 g/mol. The number of hydrogen-bond donors (Lipinski definition) is 2. The lowest BCUT2D eigenvalue weighted by Gasteiger charge is -2.09. The Balaban J connectivity index is 1.60. The highest BCUT2D eigenvalue weighted by atomic mass is 32.1. The van der Waals surface area contributed by atoms with E-state index in [1.807, 2.05) is 41.8 Å². The Kier molecular flexibility index (Phi) is 3.80. The quantitative estimate of drug-likeness (QED) is 0.581. The highest BCUT2D eigenvalue weighted by Crippen LogP contribution is 2.23. The highest BCUT2D eigenvalue weighted by Gasteiger charge is 2.09. The summed E-state index contributed by atoms with van der Waals surface area (Å²) in [5, 5.41) is 18.6. The topological polar surface area (TPSA) is 94.0 Å². The van der Waals surface area contributed by atoms with E-state index in [-0.39, 0.29) is 0 Å². The van der Waals surface area contributed by atoms with Gasteiger partial charge in [-0.25, -0.2) is 4.98 Å². The van der Waals surface area contributed by atoms with Gasteiger partial charge in [0, 0.05) is 23.9 Å². The SMILES string of the molecule is Nc1nc(CCNc2cc(-c3ccccc3)nn3cnnc23)cs1. The smallest absolute Gasteiger partial charge is 0.200 e. The highest BCUT2D eigenvalue weighted by molar-refractivity contribution is 7.13. The van der Waals surface area contributed by atoms with Crippen LogP contribution in [0.3, 0.4) is 0 Å². The second-order valence-electron chi connectivity index (χ2n) is 5.26. The molecule has 3 aromatic heterocycles. The number of nitrogens with zero attached hydrogens (tertiary/aromatic N) is 5. The number of thiazole rings is 1. The number of fused-ring (bicyclic) bond motifs is 1. The van der Waals surface area contributed by atoms with Gasteiger partial charge >= 0.3 is 0 Å². The largest absolute Gasteiger partial charge is 0.381 e. The van der Waals surface area contributed by atoms with Crippen molar-refractivity contribution in [3.05, 3.63) is 53.8 Å². The minimum atomic E-state index is 0.597. The van der Waals surface area contributed by atoms with Crippen LogP contribution in [-0.2, 0) is 6.42 Å². The van der Waals surface area contributed by atoms with E-state index in [2.05, 4.69) is 25.6 Å². The molecule has 0 spiro atoms. The van der Waals surface area contributed by atoms with Gasteiger partial charge in [-0.05, 0) is 6.07 Å². The Bertz CT molecular complexity index is 961. The third kappa shape index (κ3) is 2.91. The van der Waals surface area contributed by atoms with Crippen molar-refractivity contribution in [2.24, 2.45) is 0 Å². The molecule has 0 aliphatic carbocycles. The van der Waals surface area contributed by atoms with Crippen LogP contribution in [0.5, 0.6) is 0 Å². The second-order valence-corrected chi connectivity index (χ2v) is 6.15. The Morgan fingerprint density at radius 2 is 2.08 bits per heavy atom. The van der Waals surface area contributed by atoms with Gasteiger partial charge in [-0.2, -0.15) is 9.61 Å². The first-order valence-electron chi connectivity index (χ1n) is 7.50. The van der Waals surface area contributed by atoms with Gasteiger partial charge in [0.1, 0.15) is 6.33 Å². The van der Waals surface area contributed by atoms with Gasteiger partial charge in [0.05, 0.1) is 17.1 Å². The minimum Gasteiger partial charge on any atom is -0.381 e. The molecule has 7 nitrogen and oxygen atoms in total. The maximum absolute atomic E-state index is 5.66. The number of benzene rings is 1. The van der Waals surface area contributed by atoms with E-state index in [1.54, 1.807) is 10.8 Å². The number of anilines is 2. The first-order valence-corrected chi connectivity index (χ1v) is 8.38. The van der Waals surface area contributed by atoms with Gasteiger partial charge in [0.2, 0.25) is 5.65 Å². The van der Waals surface area contributed by atoms with Crippen molar-refractivity contribution in [2.75, 3.05) is 17.6 Å². The van der Waals surface area contributed by atoms with E-state index < -0.39 is 0 Å². The molecule has 0 saturated carbocycles. The number of nitrogens with two attached hydrogens (primary N) is 1. The van der Waals surface area contributed by atoms with Crippen LogP contribution in [0.15, 0.2) is 48.1 Å². The maximum Gasteiger partial charge on any atom is 0.200 e. The number of nitrogen functional groups attached to an aromatic ring is 1. The van der Waals surface area contributed by atoms with Gasteiger partial charge < -0.3 is 11.1 Å². The molecule has 3 heterocycles. The molecule has 0 radical (unpaired) electrons. The summed E-state index contributed by atoms with van der Waals surface area (Å²) >= 11 is 1.46. The number of rotatable bonds is 5. The molecule has 0 saturated heterocycles. The number of aromatic nitrogens is 5. The molecule has 0 unspecified atom stereocenters. The van der Waals surface area contributed by atoms with Crippen molar-refractivity contribution in [1.82, 2.24) is 24.8 Å². The van der Waals surface area contributed by atoms with Gasteiger partial charge in [-0.3, -0.25) is 0 Å². The van der Waals surface area contributed by atoms with Crippen LogP contribution in [0.25, 0.3) is 16.9 Å². The third-order valence-corrected chi connectivity index (χ3v) is 4.33. The first-order chi connectivity index (χ1) is 11.8. The summed E-state index contributed by atoms with van der Waals surface area (Å²) in [6.45, 7) is 0.726. The van der Waals surface area contributed by atoms with Crippen molar-refractivity contribution in [2.45, 2.75) is 6.42 Å². The fraction of sp³-hybridized carbons (Fsp3) is 0.125. The fourth-order valence-electron chi connectivity index (χ4n) is 2.47. The summed E-state index contributed by atoms with van der Waals surface area (Å²) in [6.07, 6.45) is 2.39. The predicted molar refractivity (Wildman–Crippen MR) is 94.9 cm³/mol. The second kappa shape index (κ2) is 6.25. The molecular weight excluding hydrogens is 322 g/mol. The molecule has 0 aliphatic rings. The molecule has 0 fully saturated rings. The molecule has 120 valence electrons. The van der Waals surface area contributed by atoms with Gasteiger partial charge in [-0.1, -0.05) is 30.3 Å². The average Bonchev–Trinajstić information content (AvgIpc) is 3.24. The zero-order valence-corrected chi connectivity index (χ0v) is 13.6. The number of hydrogen-bond acceptors (Lipinski definition) is 7. The van der Waals surface area contributed by atoms with E-state index >= 15 is 0 Å². The van der Waals surface area contributed by atoms with Crippen LogP contribution in [-0.4, -0.2) is 31.3 Å². The van der Waals surface area contributed by atoms with E-state index in [4.69, 9.17) is 5.73 Å². The Morgan fingerprint density at radius 3 is 2.88 bits per heavy atom. The molecule has 4 rings (SSSR count). The van der Waals surface area contributed by atoms with E-state index in [0.29, 0.717) is 10.8 Å². The summed E-state index contributed by atoms with van der Waals surface area (Å²) in [7, 11) is 0. The van der Waals surface area contributed by atoms with Gasteiger partial charge in [-0.15, -0.1) is 21.5 Å². The third-order valence-electron chi connectivity index (χ3n) is 3.60. The molecule has 8 heteroatoms. The van der Waals surface area contributed by atoms with Crippen LogP contribution < -0.4 is 11.1 Å². The summed E-state index contributed by atoms with van der Waals surface area (Å²) in [4.78, 5) is 4.27. The van der Waals surface area contributed by atoms with Crippen molar-refractivity contribution in [1.29, 1.82) is 0 Å². The standard InChI is InChI=1S/C16H15N7S/c17-16-20-12(9-24-16)6-7-18-14-8-13(11-4-2-1-3-5-11)22-23-10-19-21-15(14)23/h1-5,8-10,18H,6-7H2,(H2,17,20). The Labute approximate surface area is 142 Å². The molecule has 0 atom stereocenters. The zero-order chi connectivity index (χ0) is 16.4. The molecular formula is C16H15N7S. The van der Waals surface area contributed by atoms with E-state index in [1.165, 1.54) is 11.3 Å². The van der Waals surface area contributed by atoms with Crippen molar-refractivity contribution in [3.8, 4) is 11.3 Å². The number of nitrogens with one attached hydrogen (secondary N) is 1. The summed E-state index contributed by atoms with van der Waals surface area (Å²) < 4.78 is 1.69. The lowest BCUT2D eigenvalue weighted by molar-refractivity contribution is 0.925. The van der Waals surface area contributed by atoms with Crippen molar-refractivity contribution in [3.63, 3.8) is 0 Å². The fourth-order valence-corrected chi connectivity index (χ4v) is 3.07. The van der Waals surface area contributed by atoms with Crippen LogP contribution in [0, 0.1) is 0 Å². The predicted octanol–water partition coefficient (Wildman–Crippen LogP) is 2.48. The normalized spacial score (nSPS) is 11.0. The van der Waals surface area contributed by atoms with Crippen LogP contribution in [0.1, 0.15) is 5.69 Å². The Hall–Kier alpha value is -3.00. The van der Waals surface area contributed by atoms with E-state index in [9.17, 15) is 0 Å². The van der Waals surface area contributed by atoms with Gasteiger partial charge in [0.25, 0.3) is 0 Å². The van der Waals surface area contributed by atoms with Crippen LogP contribution in [0.2, 0.25) is 0 Å². The molecule has 1 aromatic carbocycles.